The number of halogens is 1. The molecule has 0 aliphatic carbocycles. The van der Waals surface area contributed by atoms with E-state index in [1.807, 2.05) is 13.0 Å². The topological polar surface area (TPSA) is 23.9 Å². The molecule has 1 rings (SSSR count). The lowest BCUT2D eigenvalue weighted by molar-refractivity contribution is 0.615. The number of nitrogens with one attached hydrogen (secondary N) is 1. The molecule has 0 aliphatic rings. The van der Waals surface area contributed by atoms with Crippen LogP contribution in [0.25, 0.3) is 0 Å². The Balaban J connectivity index is 2.98. The molecule has 0 amide bonds. The molecule has 0 aliphatic heterocycles. The van der Waals surface area contributed by atoms with Crippen LogP contribution in [0.2, 0.25) is 0 Å². The van der Waals surface area contributed by atoms with Crippen molar-refractivity contribution in [1.82, 2.24) is 0 Å². The maximum Gasteiger partial charge on any atom is 0.127 e. The summed E-state index contributed by atoms with van der Waals surface area (Å²) in [5.74, 6) is -0.214. The van der Waals surface area contributed by atoms with Crippen LogP contribution >= 0.6 is 0 Å². The van der Waals surface area contributed by atoms with Crippen molar-refractivity contribution >= 4 is 6.21 Å². The molecule has 2 heteroatoms. The van der Waals surface area contributed by atoms with Crippen LogP contribution in [0.3, 0.4) is 0 Å². The molecule has 0 bridgehead atoms. The minimum absolute atomic E-state index is 0.214. The van der Waals surface area contributed by atoms with E-state index in [-0.39, 0.29) is 5.82 Å². The van der Waals surface area contributed by atoms with Crippen LogP contribution in [0.15, 0.2) is 18.2 Å². The predicted molar refractivity (Wildman–Crippen MR) is 43.6 cm³/mol. The summed E-state index contributed by atoms with van der Waals surface area (Å²) in [7, 11) is 0. The van der Waals surface area contributed by atoms with Crippen LogP contribution < -0.4 is 0 Å². The van der Waals surface area contributed by atoms with Gasteiger partial charge in [-0.15, -0.1) is 0 Å². The van der Waals surface area contributed by atoms with E-state index < -0.39 is 0 Å². The molecule has 0 fully saturated rings. The Morgan fingerprint density at radius 2 is 2.27 bits per heavy atom. The van der Waals surface area contributed by atoms with E-state index in [0.29, 0.717) is 12.0 Å². The SMILES string of the molecule is Cc1ccc(CC=N)c(F)c1. The first-order chi connectivity index (χ1) is 5.24. The quantitative estimate of drug-likeness (QED) is 0.627. The molecule has 0 saturated heterocycles. The monoisotopic (exact) mass is 151 g/mol. The van der Waals surface area contributed by atoms with Gasteiger partial charge in [-0.2, -0.15) is 0 Å². The zero-order chi connectivity index (χ0) is 8.27. The largest absolute Gasteiger partial charge is 0.313 e. The minimum Gasteiger partial charge on any atom is -0.313 e. The molecule has 0 saturated carbocycles. The third kappa shape index (κ3) is 1.87. The standard InChI is InChI=1S/C9H10FN/c1-7-2-3-8(4-5-11)9(10)6-7/h2-3,5-6,11H,4H2,1H3. The van der Waals surface area contributed by atoms with Crippen molar-refractivity contribution in [2.24, 2.45) is 0 Å². The second kappa shape index (κ2) is 3.28. The summed E-state index contributed by atoms with van der Waals surface area (Å²) in [5, 5.41) is 6.80. The summed E-state index contributed by atoms with van der Waals surface area (Å²) >= 11 is 0. The molecule has 0 atom stereocenters. The van der Waals surface area contributed by atoms with E-state index in [1.54, 1.807) is 6.07 Å². The first-order valence-electron chi connectivity index (χ1n) is 3.48. The molecule has 1 aromatic carbocycles. The van der Waals surface area contributed by atoms with Gasteiger partial charge in [-0.3, -0.25) is 0 Å². The van der Waals surface area contributed by atoms with Gasteiger partial charge in [-0.1, -0.05) is 12.1 Å². The Hall–Kier alpha value is -1.18. The highest BCUT2D eigenvalue weighted by Crippen LogP contribution is 2.09. The van der Waals surface area contributed by atoms with E-state index in [4.69, 9.17) is 5.41 Å². The fourth-order valence-electron chi connectivity index (χ4n) is 0.928. The van der Waals surface area contributed by atoms with E-state index in [1.165, 1.54) is 12.3 Å². The lowest BCUT2D eigenvalue weighted by Crippen LogP contribution is -1.90. The second-order valence-electron chi connectivity index (χ2n) is 2.50. The maximum absolute atomic E-state index is 12.9. The van der Waals surface area contributed by atoms with Crippen LogP contribution in [-0.2, 0) is 6.42 Å². The van der Waals surface area contributed by atoms with Crippen molar-refractivity contribution in [3.8, 4) is 0 Å². The van der Waals surface area contributed by atoms with Gasteiger partial charge in [-0.25, -0.2) is 4.39 Å². The number of benzene rings is 1. The molecule has 0 heterocycles. The van der Waals surface area contributed by atoms with Crippen LogP contribution in [0.4, 0.5) is 4.39 Å². The van der Waals surface area contributed by atoms with Gasteiger partial charge >= 0.3 is 0 Å². The summed E-state index contributed by atoms with van der Waals surface area (Å²) in [6.45, 7) is 1.84. The normalized spacial score (nSPS) is 9.64. The Kier molecular flexibility index (Phi) is 2.36. The number of hydrogen-bond donors (Lipinski definition) is 1. The summed E-state index contributed by atoms with van der Waals surface area (Å²) < 4.78 is 12.9. The van der Waals surface area contributed by atoms with Crippen molar-refractivity contribution in [3.05, 3.63) is 35.1 Å². The smallest absolute Gasteiger partial charge is 0.127 e. The maximum atomic E-state index is 12.9. The molecule has 0 radical (unpaired) electrons. The predicted octanol–water partition coefficient (Wildman–Crippen LogP) is 2.33. The van der Waals surface area contributed by atoms with E-state index in [9.17, 15) is 4.39 Å². The summed E-state index contributed by atoms with van der Waals surface area (Å²) in [4.78, 5) is 0. The van der Waals surface area contributed by atoms with Gasteiger partial charge in [0.1, 0.15) is 5.82 Å². The highest BCUT2D eigenvalue weighted by atomic mass is 19.1. The van der Waals surface area contributed by atoms with Crippen LogP contribution in [0.5, 0.6) is 0 Å². The third-order valence-electron chi connectivity index (χ3n) is 1.53. The fourth-order valence-corrected chi connectivity index (χ4v) is 0.928. The van der Waals surface area contributed by atoms with Gasteiger partial charge in [0.2, 0.25) is 0 Å². The Morgan fingerprint density at radius 1 is 1.55 bits per heavy atom. The Labute approximate surface area is 65.4 Å². The van der Waals surface area contributed by atoms with Crippen LogP contribution in [-0.4, -0.2) is 6.21 Å². The van der Waals surface area contributed by atoms with Gasteiger partial charge in [0.15, 0.2) is 0 Å². The number of aryl methyl sites for hydroxylation is 1. The average Bonchev–Trinajstić information content (AvgIpc) is 1.95. The molecule has 1 aromatic rings. The van der Waals surface area contributed by atoms with Crippen molar-refractivity contribution in [1.29, 1.82) is 5.41 Å². The van der Waals surface area contributed by atoms with Gasteiger partial charge in [0, 0.05) is 6.42 Å². The molecule has 11 heavy (non-hydrogen) atoms. The molecule has 58 valence electrons. The number of hydrogen-bond acceptors (Lipinski definition) is 1. The lowest BCUT2D eigenvalue weighted by Gasteiger charge is -1.98. The zero-order valence-electron chi connectivity index (χ0n) is 6.39. The summed E-state index contributed by atoms with van der Waals surface area (Å²) in [6.07, 6.45) is 1.58. The first-order valence-corrected chi connectivity index (χ1v) is 3.48. The Morgan fingerprint density at radius 3 is 2.82 bits per heavy atom. The van der Waals surface area contributed by atoms with Crippen LogP contribution in [0, 0.1) is 18.2 Å². The van der Waals surface area contributed by atoms with E-state index >= 15 is 0 Å². The zero-order valence-corrected chi connectivity index (χ0v) is 6.39. The van der Waals surface area contributed by atoms with Gasteiger partial charge < -0.3 is 5.41 Å². The van der Waals surface area contributed by atoms with Crippen LogP contribution in [0.1, 0.15) is 11.1 Å². The molecule has 1 N–H and O–H groups in total. The number of rotatable bonds is 2. The van der Waals surface area contributed by atoms with Crippen molar-refractivity contribution in [3.63, 3.8) is 0 Å². The van der Waals surface area contributed by atoms with Gasteiger partial charge in [0.25, 0.3) is 0 Å². The Bertz CT molecular complexity index is 268. The second-order valence-corrected chi connectivity index (χ2v) is 2.50. The van der Waals surface area contributed by atoms with E-state index in [2.05, 4.69) is 0 Å². The van der Waals surface area contributed by atoms with Crippen molar-refractivity contribution in [2.45, 2.75) is 13.3 Å². The van der Waals surface area contributed by atoms with Crippen molar-refractivity contribution in [2.75, 3.05) is 0 Å². The minimum atomic E-state index is -0.214. The first kappa shape index (κ1) is 7.92. The summed E-state index contributed by atoms with van der Waals surface area (Å²) in [6, 6.07) is 5.05. The van der Waals surface area contributed by atoms with Crippen molar-refractivity contribution < 1.29 is 4.39 Å². The molecule has 1 nitrogen and oxygen atoms in total. The molecule has 0 spiro atoms. The highest BCUT2D eigenvalue weighted by molar-refractivity contribution is 5.58. The summed E-state index contributed by atoms with van der Waals surface area (Å²) in [5.41, 5.74) is 1.50. The lowest BCUT2D eigenvalue weighted by atomic mass is 10.1. The highest BCUT2D eigenvalue weighted by Gasteiger charge is 1.98. The molecule has 0 unspecified atom stereocenters. The molecular weight excluding hydrogens is 141 g/mol. The fraction of sp³-hybridized carbons (Fsp3) is 0.222. The average molecular weight is 151 g/mol. The molecular formula is C9H10FN. The van der Waals surface area contributed by atoms with Gasteiger partial charge in [0.05, 0.1) is 0 Å². The molecule has 0 aromatic heterocycles. The van der Waals surface area contributed by atoms with E-state index in [0.717, 1.165) is 5.56 Å². The van der Waals surface area contributed by atoms with Gasteiger partial charge in [-0.05, 0) is 30.3 Å². The third-order valence-corrected chi connectivity index (χ3v) is 1.53.